The van der Waals surface area contributed by atoms with Gasteiger partial charge in [-0.2, -0.15) is 0 Å². The molecule has 0 bridgehead atoms. The predicted molar refractivity (Wildman–Crippen MR) is 63.6 cm³/mol. The third kappa shape index (κ3) is 2.31. The Balaban J connectivity index is 2.34. The van der Waals surface area contributed by atoms with Crippen molar-refractivity contribution < 1.29 is 4.74 Å². The van der Waals surface area contributed by atoms with Crippen molar-refractivity contribution in [2.75, 3.05) is 7.11 Å². The number of ether oxygens (including phenoxy) is 1. The third-order valence-electron chi connectivity index (χ3n) is 2.21. The first-order chi connectivity index (χ1) is 7.83. The van der Waals surface area contributed by atoms with Crippen LogP contribution in [-0.2, 0) is 5.88 Å². The van der Waals surface area contributed by atoms with Gasteiger partial charge in [-0.25, -0.2) is 9.97 Å². The Morgan fingerprint density at radius 1 is 1.19 bits per heavy atom. The zero-order valence-corrected chi connectivity index (χ0v) is 9.61. The quantitative estimate of drug-likeness (QED) is 0.766. The van der Waals surface area contributed by atoms with Gasteiger partial charge in [0.15, 0.2) is 0 Å². The van der Waals surface area contributed by atoms with E-state index in [2.05, 4.69) is 9.97 Å². The standard InChI is InChI=1S/C12H11ClN2O/c1-16-10-4-2-9(3-5-10)11-6-7-14-12(8-13)15-11/h2-7H,8H2,1H3. The highest BCUT2D eigenvalue weighted by Gasteiger charge is 2.01. The number of rotatable bonds is 3. The Bertz CT molecular complexity index is 471. The second-order valence-corrected chi connectivity index (χ2v) is 3.49. The Morgan fingerprint density at radius 2 is 1.94 bits per heavy atom. The van der Waals surface area contributed by atoms with Crippen LogP contribution < -0.4 is 4.74 Å². The van der Waals surface area contributed by atoms with Crippen molar-refractivity contribution in [1.29, 1.82) is 0 Å². The minimum absolute atomic E-state index is 0.323. The molecule has 1 heterocycles. The molecular formula is C12H11ClN2O. The lowest BCUT2D eigenvalue weighted by molar-refractivity contribution is 0.415. The normalized spacial score (nSPS) is 10.1. The molecule has 0 aliphatic heterocycles. The van der Waals surface area contributed by atoms with Gasteiger partial charge in [-0.15, -0.1) is 11.6 Å². The molecule has 16 heavy (non-hydrogen) atoms. The van der Waals surface area contributed by atoms with Crippen LogP contribution in [0.2, 0.25) is 0 Å². The average Bonchev–Trinajstić information content (AvgIpc) is 2.39. The van der Waals surface area contributed by atoms with Gasteiger partial charge in [0.2, 0.25) is 0 Å². The zero-order chi connectivity index (χ0) is 11.4. The van der Waals surface area contributed by atoms with Gasteiger partial charge in [-0.3, -0.25) is 0 Å². The number of benzene rings is 1. The Kier molecular flexibility index (Phi) is 3.37. The molecule has 0 atom stereocenters. The highest BCUT2D eigenvalue weighted by Crippen LogP contribution is 2.20. The fourth-order valence-corrected chi connectivity index (χ4v) is 1.51. The molecule has 2 rings (SSSR count). The molecule has 0 saturated carbocycles. The summed E-state index contributed by atoms with van der Waals surface area (Å²) in [7, 11) is 1.64. The summed E-state index contributed by atoms with van der Waals surface area (Å²) in [4.78, 5) is 8.38. The number of nitrogens with zero attached hydrogens (tertiary/aromatic N) is 2. The maximum absolute atomic E-state index is 5.69. The first kappa shape index (κ1) is 10.9. The number of methoxy groups -OCH3 is 1. The van der Waals surface area contributed by atoms with Crippen LogP contribution >= 0.6 is 11.6 Å². The van der Waals surface area contributed by atoms with Crippen LogP contribution in [0.15, 0.2) is 36.5 Å². The summed E-state index contributed by atoms with van der Waals surface area (Å²) in [5.74, 6) is 1.79. The minimum Gasteiger partial charge on any atom is -0.497 e. The molecule has 0 spiro atoms. The molecule has 82 valence electrons. The second-order valence-electron chi connectivity index (χ2n) is 3.22. The van der Waals surface area contributed by atoms with E-state index in [9.17, 15) is 0 Å². The summed E-state index contributed by atoms with van der Waals surface area (Å²) in [5, 5.41) is 0. The van der Waals surface area contributed by atoms with Crippen LogP contribution in [0.3, 0.4) is 0 Å². The van der Waals surface area contributed by atoms with Gasteiger partial charge in [0.25, 0.3) is 0 Å². The van der Waals surface area contributed by atoms with Gasteiger partial charge in [-0.05, 0) is 30.3 Å². The van der Waals surface area contributed by atoms with E-state index < -0.39 is 0 Å². The fraction of sp³-hybridized carbons (Fsp3) is 0.167. The van der Waals surface area contributed by atoms with E-state index >= 15 is 0 Å². The molecule has 0 saturated heterocycles. The van der Waals surface area contributed by atoms with Crippen LogP contribution in [-0.4, -0.2) is 17.1 Å². The van der Waals surface area contributed by atoms with E-state index in [-0.39, 0.29) is 0 Å². The first-order valence-electron chi connectivity index (χ1n) is 4.86. The number of halogens is 1. The predicted octanol–water partition coefficient (Wildman–Crippen LogP) is 2.89. The van der Waals surface area contributed by atoms with Gasteiger partial charge in [0.05, 0.1) is 18.7 Å². The Hall–Kier alpha value is -1.61. The molecule has 0 N–H and O–H groups in total. The second kappa shape index (κ2) is 4.94. The summed E-state index contributed by atoms with van der Waals surface area (Å²) in [6.07, 6.45) is 1.71. The first-order valence-corrected chi connectivity index (χ1v) is 5.39. The zero-order valence-electron chi connectivity index (χ0n) is 8.85. The van der Waals surface area contributed by atoms with E-state index in [0.29, 0.717) is 11.7 Å². The minimum atomic E-state index is 0.323. The van der Waals surface area contributed by atoms with Crippen LogP contribution in [0.4, 0.5) is 0 Å². The van der Waals surface area contributed by atoms with Gasteiger partial charge in [-0.1, -0.05) is 0 Å². The number of hydrogen-bond acceptors (Lipinski definition) is 3. The van der Waals surface area contributed by atoms with Crippen molar-refractivity contribution in [3.05, 3.63) is 42.4 Å². The van der Waals surface area contributed by atoms with Crippen molar-refractivity contribution in [2.45, 2.75) is 5.88 Å². The van der Waals surface area contributed by atoms with Crippen molar-refractivity contribution in [2.24, 2.45) is 0 Å². The lowest BCUT2D eigenvalue weighted by Gasteiger charge is -2.03. The molecule has 0 aliphatic rings. The molecule has 1 aromatic heterocycles. The monoisotopic (exact) mass is 234 g/mol. The van der Waals surface area contributed by atoms with Gasteiger partial charge < -0.3 is 4.74 Å². The molecule has 0 aliphatic carbocycles. The van der Waals surface area contributed by atoms with Gasteiger partial charge in [0, 0.05) is 11.8 Å². The molecule has 0 fully saturated rings. The van der Waals surface area contributed by atoms with Crippen molar-refractivity contribution in [3.8, 4) is 17.0 Å². The van der Waals surface area contributed by atoms with Crippen molar-refractivity contribution in [1.82, 2.24) is 9.97 Å². The summed E-state index contributed by atoms with van der Waals surface area (Å²) in [6, 6.07) is 9.58. The van der Waals surface area contributed by atoms with E-state index in [0.717, 1.165) is 17.0 Å². The van der Waals surface area contributed by atoms with E-state index in [4.69, 9.17) is 16.3 Å². The molecule has 2 aromatic rings. The van der Waals surface area contributed by atoms with Crippen LogP contribution in [0.5, 0.6) is 5.75 Å². The summed E-state index contributed by atoms with van der Waals surface area (Å²) < 4.78 is 5.10. The molecule has 1 aromatic carbocycles. The fourth-order valence-electron chi connectivity index (χ4n) is 1.39. The molecule has 3 nitrogen and oxygen atoms in total. The smallest absolute Gasteiger partial charge is 0.143 e. The van der Waals surface area contributed by atoms with E-state index in [1.165, 1.54) is 0 Å². The summed E-state index contributed by atoms with van der Waals surface area (Å²) in [5.41, 5.74) is 1.89. The SMILES string of the molecule is COc1ccc(-c2ccnc(CCl)n2)cc1. The third-order valence-corrected chi connectivity index (χ3v) is 2.45. The maximum atomic E-state index is 5.69. The van der Waals surface area contributed by atoms with Crippen molar-refractivity contribution >= 4 is 11.6 Å². The largest absolute Gasteiger partial charge is 0.497 e. The topological polar surface area (TPSA) is 35.0 Å². The number of alkyl halides is 1. The van der Waals surface area contributed by atoms with Gasteiger partial charge in [0.1, 0.15) is 11.6 Å². The molecule has 0 radical (unpaired) electrons. The highest BCUT2D eigenvalue weighted by atomic mass is 35.5. The lowest BCUT2D eigenvalue weighted by atomic mass is 10.1. The highest BCUT2D eigenvalue weighted by molar-refractivity contribution is 6.16. The molecular weight excluding hydrogens is 224 g/mol. The van der Waals surface area contributed by atoms with Crippen LogP contribution in [0.25, 0.3) is 11.3 Å². The molecule has 0 unspecified atom stereocenters. The molecule has 4 heteroatoms. The summed E-state index contributed by atoms with van der Waals surface area (Å²) in [6.45, 7) is 0. The Morgan fingerprint density at radius 3 is 2.56 bits per heavy atom. The molecule has 0 amide bonds. The number of hydrogen-bond donors (Lipinski definition) is 0. The van der Waals surface area contributed by atoms with E-state index in [1.54, 1.807) is 13.3 Å². The maximum Gasteiger partial charge on any atom is 0.143 e. The van der Waals surface area contributed by atoms with E-state index in [1.807, 2.05) is 30.3 Å². The Labute approximate surface area is 99.1 Å². The number of aromatic nitrogens is 2. The summed E-state index contributed by atoms with van der Waals surface area (Å²) >= 11 is 5.69. The van der Waals surface area contributed by atoms with Crippen molar-refractivity contribution in [3.63, 3.8) is 0 Å². The average molecular weight is 235 g/mol. The van der Waals surface area contributed by atoms with Crippen LogP contribution in [0.1, 0.15) is 5.82 Å². The lowest BCUT2D eigenvalue weighted by Crippen LogP contribution is -1.92. The van der Waals surface area contributed by atoms with Crippen LogP contribution in [0, 0.1) is 0 Å². The van der Waals surface area contributed by atoms with Gasteiger partial charge >= 0.3 is 0 Å².